The van der Waals surface area contributed by atoms with Gasteiger partial charge in [0.2, 0.25) is 0 Å². The van der Waals surface area contributed by atoms with Crippen LogP contribution in [0.15, 0.2) is 71.1 Å². The maximum absolute atomic E-state index is 12.5. The standard InChI is InChI=1S/C32H36N2O3/c1-17(27-25(35)15-23-29(27)31(23,3)4)33-19-7-11-21(12-8-19)37-22-13-9-20(10-14-22)34-18(2)28-26(36)16-24-30(28)32(24,5)6/h7-14,23-24,29-30,33-34H,15-16H2,1-6H3. The fraction of sp³-hybridized carbons (Fsp3) is 0.438. The molecule has 192 valence electrons. The van der Waals surface area contributed by atoms with Crippen LogP contribution in [0.3, 0.4) is 0 Å². The van der Waals surface area contributed by atoms with Gasteiger partial charge in [0.25, 0.3) is 0 Å². The predicted molar refractivity (Wildman–Crippen MR) is 146 cm³/mol. The van der Waals surface area contributed by atoms with Crippen molar-refractivity contribution in [1.29, 1.82) is 0 Å². The molecule has 37 heavy (non-hydrogen) atoms. The number of fused-ring (bicyclic) bond motifs is 2. The largest absolute Gasteiger partial charge is 0.457 e. The summed E-state index contributed by atoms with van der Waals surface area (Å²) >= 11 is 0. The Bertz CT molecular complexity index is 1260. The monoisotopic (exact) mass is 496 g/mol. The number of carbonyl (C=O) groups is 2. The SMILES string of the molecule is CC(Nc1ccc(Oc2ccc(NC(C)=C3C(=O)CC4C3C4(C)C)cc2)cc1)=C1C(=O)CC2C1C2(C)C. The Morgan fingerprint density at radius 1 is 0.676 bits per heavy atom. The van der Waals surface area contributed by atoms with Gasteiger partial charge in [-0.25, -0.2) is 0 Å². The van der Waals surface area contributed by atoms with Crippen LogP contribution in [-0.2, 0) is 9.59 Å². The number of Topliss-reactive ketones (excluding diaryl/α,β-unsaturated/α-hetero) is 2. The molecule has 4 unspecified atom stereocenters. The lowest BCUT2D eigenvalue weighted by Gasteiger charge is -2.15. The van der Waals surface area contributed by atoms with E-state index in [1.807, 2.05) is 62.4 Å². The van der Waals surface area contributed by atoms with E-state index < -0.39 is 0 Å². The average molecular weight is 497 g/mol. The summed E-state index contributed by atoms with van der Waals surface area (Å²) < 4.78 is 6.05. The Labute approximate surface area is 219 Å². The van der Waals surface area contributed by atoms with Crippen LogP contribution < -0.4 is 15.4 Å². The van der Waals surface area contributed by atoms with E-state index in [0.29, 0.717) is 48.1 Å². The molecule has 4 saturated carbocycles. The molecule has 0 saturated heterocycles. The first-order chi connectivity index (χ1) is 17.5. The molecule has 0 heterocycles. The van der Waals surface area contributed by atoms with Crippen LogP contribution in [0.25, 0.3) is 0 Å². The molecular formula is C32H36N2O3. The second kappa shape index (κ2) is 8.08. The molecule has 0 radical (unpaired) electrons. The first-order valence-electron chi connectivity index (χ1n) is 13.4. The topological polar surface area (TPSA) is 67.4 Å². The van der Waals surface area contributed by atoms with E-state index in [1.165, 1.54) is 0 Å². The highest BCUT2D eigenvalue weighted by Gasteiger charge is 2.66. The second-order valence-corrected chi connectivity index (χ2v) is 12.5. The first-order valence-corrected chi connectivity index (χ1v) is 13.4. The molecule has 5 heteroatoms. The molecule has 4 aliphatic rings. The minimum Gasteiger partial charge on any atom is -0.457 e. The van der Waals surface area contributed by atoms with Gasteiger partial charge < -0.3 is 15.4 Å². The Morgan fingerprint density at radius 3 is 1.35 bits per heavy atom. The number of hydrogen-bond acceptors (Lipinski definition) is 5. The van der Waals surface area contributed by atoms with Gasteiger partial charge in [-0.15, -0.1) is 0 Å². The normalized spacial score (nSPS) is 30.9. The van der Waals surface area contributed by atoms with E-state index in [2.05, 4.69) is 38.3 Å². The molecule has 0 aliphatic heterocycles. The molecule has 2 aromatic carbocycles. The van der Waals surface area contributed by atoms with Crippen molar-refractivity contribution in [1.82, 2.24) is 0 Å². The molecule has 2 aromatic rings. The number of allylic oxidation sites excluding steroid dienone is 4. The third-order valence-corrected chi connectivity index (χ3v) is 9.55. The zero-order valence-corrected chi connectivity index (χ0v) is 22.6. The summed E-state index contributed by atoms with van der Waals surface area (Å²) in [6, 6.07) is 15.6. The highest BCUT2D eigenvalue weighted by Crippen LogP contribution is 2.69. The van der Waals surface area contributed by atoms with Gasteiger partial charge in [-0.2, -0.15) is 0 Å². The van der Waals surface area contributed by atoms with Gasteiger partial charge in [-0.1, -0.05) is 27.7 Å². The van der Waals surface area contributed by atoms with Gasteiger partial charge in [0.1, 0.15) is 11.5 Å². The van der Waals surface area contributed by atoms with E-state index in [1.54, 1.807) is 0 Å². The quantitative estimate of drug-likeness (QED) is 0.410. The number of hydrogen-bond donors (Lipinski definition) is 2. The van der Waals surface area contributed by atoms with Crippen LogP contribution in [0.2, 0.25) is 0 Å². The van der Waals surface area contributed by atoms with Gasteiger partial charge in [0.05, 0.1) is 0 Å². The molecule has 4 fully saturated rings. The van der Waals surface area contributed by atoms with Crippen molar-refractivity contribution in [2.24, 2.45) is 34.5 Å². The Kier molecular flexibility index (Phi) is 5.24. The predicted octanol–water partition coefficient (Wildman–Crippen LogP) is 7.34. The molecule has 0 aromatic heterocycles. The summed E-state index contributed by atoms with van der Waals surface area (Å²) in [5, 5.41) is 6.86. The van der Waals surface area contributed by atoms with Crippen molar-refractivity contribution < 1.29 is 14.3 Å². The van der Waals surface area contributed by atoms with Gasteiger partial charge in [0.15, 0.2) is 11.6 Å². The van der Waals surface area contributed by atoms with Crippen LogP contribution in [0, 0.1) is 34.5 Å². The second-order valence-electron chi connectivity index (χ2n) is 12.5. The summed E-state index contributed by atoms with van der Waals surface area (Å²) in [5.41, 5.74) is 6.26. The number of nitrogens with one attached hydrogen (secondary N) is 2. The van der Waals surface area contributed by atoms with Gasteiger partial charge in [-0.05, 0) is 96.9 Å². The molecule has 0 spiro atoms. The Balaban J connectivity index is 1.08. The maximum atomic E-state index is 12.5. The lowest BCUT2D eigenvalue weighted by Crippen LogP contribution is -2.12. The summed E-state index contributed by atoms with van der Waals surface area (Å²) in [7, 11) is 0. The molecule has 0 bridgehead atoms. The van der Waals surface area contributed by atoms with Crippen LogP contribution >= 0.6 is 0 Å². The van der Waals surface area contributed by atoms with Crippen molar-refractivity contribution >= 4 is 22.9 Å². The number of carbonyl (C=O) groups excluding carboxylic acids is 2. The molecule has 0 amide bonds. The number of benzene rings is 2. The van der Waals surface area contributed by atoms with E-state index >= 15 is 0 Å². The van der Waals surface area contributed by atoms with Gasteiger partial charge >= 0.3 is 0 Å². The minimum atomic E-state index is 0.246. The Hall–Kier alpha value is -3.34. The number of ketones is 2. The average Bonchev–Trinajstić information content (AvgIpc) is 3.34. The summed E-state index contributed by atoms with van der Waals surface area (Å²) in [6.45, 7) is 13.0. The zero-order valence-electron chi connectivity index (χ0n) is 22.6. The van der Waals surface area contributed by atoms with E-state index in [-0.39, 0.29) is 10.8 Å². The molecular weight excluding hydrogens is 460 g/mol. The summed E-state index contributed by atoms with van der Waals surface area (Å²) in [4.78, 5) is 24.9. The zero-order chi connectivity index (χ0) is 26.3. The van der Waals surface area contributed by atoms with Gasteiger partial charge in [0, 0.05) is 46.8 Å². The fourth-order valence-corrected chi connectivity index (χ4v) is 7.16. The van der Waals surface area contributed by atoms with Crippen LogP contribution in [0.4, 0.5) is 11.4 Å². The van der Waals surface area contributed by atoms with Crippen molar-refractivity contribution in [3.8, 4) is 11.5 Å². The molecule has 2 N–H and O–H groups in total. The van der Waals surface area contributed by atoms with Crippen molar-refractivity contribution in [2.75, 3.05) is 10.6 Å². The molecule has 4 atom stereocenters. The summed E-state index contributed by atoms with van der Waals surface area (Å²) in [6.07, 6.45) is 1.36. The highest BCUT2D eigenvalue weighted by atomic mass is 16.5. The number of ether oxygens (including phenoxy) is 1. The molecule has 6 rings (SSSR count). The van der Waals surface area contributed by atoms with Crippen molar-refractivity contribution in [3.05, 3.63) is 71.1 Å². The molecule has 4 aliphatic carbocycles. The van der Waals surface area contributed by atoms with Crippen molar-refractivity contribution in [3.63, 3.8) is 0 Å². The van der Waals surface area contributed by atoms with Crippen LogP contribution in [0.5, 0.6) is 11.5 Å². The van der Waals surface area contributed by atoms with Crippen molar-refractivity contribution in [2.45, 2.75) is 54.4 Å². The lowest BCUT2D eigenvalue weighted by atomic mass is 9.95. The highest BCUT2D eigenvalue weighted by molar-refractivity contribution is 6.02. The smallest absolute Gasteiger partial charge is 0.161 e. The number of anilines is 2. The van der Waals surface area contributed by atoms with E-state index in [0.717, 1.165) is 45.4 Å². The minimum absolute atomic E-state index is 0.246. The van der Waals surface area contributed by atoms with E-state index in [4.69, 9.17) is 4.74 Å². The third kappa shape index (κ3) is 3.91. The fourth-order valence-electron chi connectivity index (χ4n) is 7.16. The van der Waals surface area contributed by atoms with Crippen LogP contribution in [-0.4, -0.2) is 11.6 Å². The van der Waals surface area contributed by atoms with Crippen LogP contribution in [0.1, 0.15) is 54.4 Å². The third-order valence-electron chi connectivity index (χ3n) is 9.55. The number of rotatable bonds is 6. The first kappa shape index (κ1) is 24.0. The maximum Gasteiger partial charge on any atom is 0.161 e. The Morgan fingerprint density at radius 2 is 1.03 bits per heavy atom. The van der Waals surface area contributed by atoms with E-state index in [9.17, 15) is 9.59 Å². The molecule has 5 nitrogen and oxygen atoms in total. The summed E-state index contributed by atoms with van der Waals surface area (Å²) in [5.74, 6) is 3.87. The van der Waals surface area contributed by atoms with Gasteiger partial charge in [-0.3, -0.25) is 9.59 Å². The lowest BCUT2D eigenvalue weighted by molar-refractivity contribution is -0.116.